The Balaban J connectivity index is 2.10. The first-order valence-corrected chi connectivity index (χ1v) is 11.5. The van der Waals surface area contributed by atoms with Gasteiger partial charge in [0.15, 0.2) is 0 Å². The zero-order valence-corrected chi connectivity index (χ0v) is 20.9. The van der Waals surface area contributed by atoms with Crippen molar-refractivity contribution in [3.8, 4) is 22.5 Å². The molecule has 0 aliphatic heterocycles. The molecule has 2 aromatic heterocycles. The molecule has 0 atom stereocenters. The summed E-state index contributed by atoms with van der Waals surface area (Å²) in [5.74, 6) is 1.05. The van der Waals surface area contributed by atoms with Crippen molar-refractivity contribution in [2.24, 2.45) is 5.92 Å². The second-order valence-electron chi connectivity index (χ2n) is 9.91. The SMILES string of the molecule is CC(C)Cn1c(N(C)C(=O)OC(C)(C)C)c(-c2ccccc2)c2cc(-c3nn[nH]n3)ccc2c1=O. The molecule has 9 heteroatoms. The third kappa shape index (κ3) is 4.94. The van der Waals surface area contributed by atoms with Gasteiger partial charge in [-0.25, -0.2) is 4.79 Å². The maximum absolute atomic E-state index is 13.8. The number of tetrazole rings is 1. The van der Waals surface area contributed by atoms with Crippen molar-refractivity contribution >= 4 is 22.7 Å². The summed E-state index contributed by atoms with van der Waals surface area (Å²) >= 11 is 0. The van der Waals surface area contributed by atoms with Crippen LogP contribution in [0.5, 0.6) is 0 Å². The third-order valence-corrected chi connectivity index (χ3v) is 5.44. The van der Waals surface area contributed by atoms with Crippen LogP contribution in [-0.2, 0) is 11.3 Å². The summed E-state index contributed by atoms with van der Waals surface area (Å²) in [5.41, 5.74) is 1.45. The van der Waals surface area contributed by atoms with Crippen LogP contribution in [0.2, 0.25) is 0 Å². The van der Waals surface area contributed by atoms with E-state index in [9.17, 15) is 9.59 Å². The van der Waals surface area contributed by atoms with Crippen LogP contribution < -0.4 is 10.5 Å². The molecular formula is C26H30N6O3. The molecule has 0 fully saturated rings. The van der Waals surface area contributed by atoms with E-state index >= 15 is 0 Å². The molecule has 0 radical (unpaired) electrons. The number of ether oxygens (including phenoxy) is 1. The Bertz CT molecular complexity index is 1400. The van der Waals surface area contributed by atoms with Gasteiger partial charge in [-0.2, -0.15) is 5.21 Å². The number of hydrogen-bond donors (Lipinski definition) is 1. The average molecular weight is 475 g/mol. The summed E-state index contributed by atoms with van der Waals surface area (Å²) in [6.07, 6.45) is -0.541. The van der Waals surface area contributed by atoms with Crippen molar-refractivity contribution in [1.82, 2.24) is 25.2 Å². The van der Waals surface area contributed by atoms with Gasteiger partial charge in [-0.1, -0.05) is 50.2 Å². The zero-order valence-electron chi connectivity index (χ0n) is 20.9. The first-order valence-electron chi connectivity index (χ1n) is 11.5. The van der Waals surface area contributed by atoms with Crippen LogP contribution in [-0.4, -0.2) is 43.9 Å². The van der Waals surface area contributed by atoms with E-state index in [2.05, 4.69) is 20.6 Å². The third-order valence-electron chi connectivity index (χ3n) is 5.44. The molecule has 4 rings (SSSR count). The largest absolute Gasteiger partial charge is 0.443 e. The first kappa shape index (κ1) is 24.1. The van der Waals surface area contributed by atoms with Crippen LogP contribution in [0.4, 0.5) is 10.6 Å². The van der Waals surface area contributed by atoms with E-state index in [4.69, 9.17) is 4.74 Å². The Morgan fingerprint density at radius 2 is 1.80 bits per heavy atom. The Hall–Kier alpha value is -4.01. The van der Waals surface area contributed by atoms with E-state index < -0.39 is 11.7 Å². The number of amides is 1. The molecule has 2 heterocycles. The number of benzene rings is 2. The van der Waals surface area contributed by atoms with Gasteiger partial charge in [0.05, 0.1) is 0 Å². The molecular weight excluding hydrogens is 444 g/mol. The highest BCUT2D eigenvalue weighted by molar-refractivity contribution is 6.06. The highest BCUT2D eigenvalue weighted by Crippen LogP contribution is 2.38. The molecule has 0 bridgehead atoms. The van der Waals surface area contributed by atoms with Crippen LogP contribution in [0.25, 0.3) is 33.3 Å². The molecule has 0 aliphatic carbocycles. The minimum absolute atomic E-state index is 0.165. The van der Waals surface area contributed by atoms with Gasteiger partial charge in [-0.3, -0.25) is 14.3 Å². The lowest BCUT2D eigenvalue weighted by Gasteiger charge is -2.29. The topological polar surface area (TPSA) is 106 Å². The predicted molar refractivity (Wildman–Crippen MR) is 136 cm³/mol. The summed E-state index contributed by atoms with van der Waals surface area (Å²) in [6.45, 7) is 9.95. The lowest BCUT2D eigenvalue weighted by molar-refractivity contribution is 0.0587. The number of hydrogen-bond acceptors (Lipinski definition) is 6. The molecule has 182 valence electrons. The minimum atomic E-state index is -0.690. The van der Waals surface area contributed by atoms with Crippen molar-refractivity contribution in [3.05, 3.63) is 58.9 Å². The standard InChI is InChI=1S/C26H30N6O3/c1-16(2)15-32-23(31(6)25(34)35-26(3,4)5)21(17-10-8-7-9-11-17)20-14-18(22-27-29-30-28-22)12-13-19(20)24(32)33/h7-14,16H,15H2,1-6H3,(H,27,28,29,30). The van der Waals surface area contributed by atoms with Crippen molar-refractivity contribution in [2.75, 3.05) is 11.9 Å². The number of pyridine rings is 1. The van der Waals surface area contributed by atoms with E-state index in [1.807, 2.05) is 71.0 Å². The summed E-state index contributed by atoms with van der Waals surface area (Å²) in [4.78, 5) is 28.5. The molecule has 0 saturated heterocycles. The second kappa shape index (κ2) is 9.32. The second-order valence-corrected chi connectivity index (χ2v) is 9.91. The van der Waals surface area contributed by atoms with Crippen molar-refractivity contribution in [1.29, 1.82) is 0 Å². The number of carbonyl (C=O) groups is 1. The van der Waals surface area contributed by atoms with Crippen LogP contribution in [0, 0.1) is 5.92 Å². The lowest BCUT2D eigenvalue weighted by Crippen LogP contribution is -2.38. The van der Waals surface area contributed by atoms with E-state index in [1.54, 1.807) is 23.7 Å². The number of nitrogens with zero attached hydrogens (tertiary/aromatic N) is 5. The number of aromatic nitrogens is 5. The highest BCUT2D eigenvalue weighted by Gasteiger charge is 2.28. The maximum Gasteiger partial charge on any atom is 0.415 e. The number of aromatic amines is 1. The Morgan fingerprint density at radius 1 is 1.09 bits per heavy atom. The molecule has 4 aromatic rings. The Morgan fingerprint density at radius 3 is 2.40 bits per heavy atom. The smallest absolute Gasteiger partial charge is 0.415 e. The van der Waals surface area contributed by atoms with Gasteiger partial charge in [0.2, 0.25) is 5.82 Å². The van der Waals surface area contributed by atoms with E-state index in [0.29, 0.717) is 34.5 Å². The number of fused-ring (bicyclic) bond motifs is 1. The number of rotatable bonds is 5. The fourth-order valence-electron chi connectivity index (χ4n) is 4.05. The van der Waals surface area contributed by atoms with Gasteiger partial charge >= 0.3 is 6.09 Å². The number of H-pyrrole nitrogens is 1. The minimum Gasteiger partial charge on any atom is -0.443 e. The van der Waals surface area contributed by atoms with E-state index in [1.165, 1.54) is 4.90 Å². The van der Waals surface area contributed by atoms with E-state index in [0.717, 1.165) is 11.1 Å². The predicted octanol–water partition coefficient (Wildman–Crippen LogP) is 4.88. The van der Waals surface area contributed by atoms with Gasteiger partial charge in [-0.05, 0) is 55.0 Å². The summed E-state index contributed by atoms with van der Waals surface area (Å²) < 4.78 is 7.35. The number of carbonyl (C=O) groups excluding carboxylic acids is 1. The Labute approximate surface area is 203 Å². The molecule has 0 unspecified atom stereocenters. The van der Waals surface area contributed by atoms with E-state index in [-0.39, 0.29) is 11.5 Å². The van der Waals surface area contributed by atoms with Gasteiger partial charge in [0.1, 0.15) is 11.4 Å². The number of nitrogens with one attached hydrogen (secondary N) is 1. The molecule has 1 amide bonds. The van der Waals surface area contributed by atoms with Crippen LogP contribution in [0.15, 0.2) is 53.3 Å². The first-order chi connectivity index (χ1) is 16.6. The van der Waals surface area contributed by atoms with Crippen molar-refractivity contribution in [2.45, 2.75) is 46.8 Å². The summed E-state index contributed by atoms with van der Waals surface area (Å²) in [5, 5.41) is 15.5. The molecule has 9 nitrogen and oxygen atoms in total. The fourth-order valence-corrected chi connectivity index (χ4v) is 4.05. The molecule has 0 spiro atoms. The van der Waals surface area contributed by atoms with Crippen LogP contribution in [0.3, 0.4) is 0 Å². The summed E-state index contributed by atoms with van der Waals surface area (Å²) in [7, 11) is 1.64. The molecule has 35 heavy (non-hydrogen) atoms. The number of anilines is 1. The van der Waals surface area contributed by atoms with Crippen LogP contribution >= 0.6 is 0 Å². The van der Waals surface area contributed by atoms with Gasteiger partial charge in [-0.15, -0.1) is 10.2 Å². The normalized spacial score (nSPS) is 11.7. The molecule has 1 N–H and O–H groups in total. The van der Waals surface area contributed by atoms with Crippen molar-refractivity contribution < 1.29 is 9.53 Å². The Kier molecular flexibility index (Phi) is 6.43. The lowest BCUT2D eigenvalue weighted by atomic mass is 9.96. The summed E-state index contributed by atoms with van der Waals surface area (Å²) in [6, 6.07) is 15.2. The molecule has 0 aliphatic rings. The van der Waals surface area contributed by atoms with Gasteiger partial charge < -0.3 is 4.74 Å². The van der Waals surface area contributed by atoms with Crippen LogP contribution in [0.1, 0.15) is 34.6 Å². The maximum atomic E-state index is 13.8. The fraction of sp³-hybridized carbons (Fsp3) is 0.346. The molecule has 2 aromatic carbocycles. The monoisotopic (exact) mass is 474 g/mol. The highest BCUT2D eigenvalue weighted by atomic mass is 16.6. The zero-order chi connectivity index (χ0) is 25.3. The quantitative estimate of drug-likeness (QED) is 0.442. The van der Waals surface area contributed by atoms with Gasteiger partial charge in [0.25, 0.3) is 5.56 Å². The molecule has 0 saturated carbocycles. The van der Waals surface area contributed by atoms with Gasteiger partial charge in [0, 0.05) is 30.1 Å². The average Bonchev–Trinajstić information content (AvgIpc) is 3.34. The van der Waals surface area contributed by atoms with Crippen molar-refractivity contribution in [3.63, 3.8) is 0 Å².